The second kappa shape index (κ2) is 7.96. The molecule has 2 aromatic heterocycles. The normalized spacial score (nSPS) is 16.0. The van der Waals surface area contributed by atoms with Crippen molar-refractivity contribution in [2.45, 2.75) is 25.7 Å². The molecule has 4 rings (SSSR count). The number of carbonyl (C=O) groups is 1. The Morgan fingerprint density at radius 3 is 2.89 bits per heavy atom. The Kier molecular flexibility index (Phi) is 5.25. The number of amides is 1. The van der Waals surface area contributed by atoms with Gasteiger partial charge in [0.2, 0.25) is 5.91 Å². The standard InChI is InChI=1S/C21H20FN3OS/c22-17-6-3-14(4-7-17)9-11-24-20(26)15-5-8-18-19(12-15)27-21(25-18)16-2-1-10-23-13-16/h1-4,6-7,10,13,15H,5,8-9,11-12H2,(H,24,26). The zero-order valence-electron chi connectivity index (χ0n) is 14.8. The summed E-state index contributed by atoms with van der Waals surface area (Å²) in [7, 11) is 0. The Labute approximate surface area is 161 Å². The van der Waals surface area contributed by atoms with E-state index in [-0.39, 0.29) is 17.6 Å². The summed E-state index contributed by atoms with van der Waals surface area (Å²) in [5, 5.41) is 4.00. The molecule has 0 saturated carbocycles. The van der Waals surface area contributed by atoms with E-state index in [0.717, 1.165) is 41.1 Å². The highest BCUT2D eigenvalue weighted by Gasteiger charge is 2.27. The number of fused-ring (bicyclic) bond motifs is 1. The largest absolute Gasteiger partial charge is 0.356 e. The second-order valence-electron chi connectivity index (χ2n) is 6.74. The maximum absolute atomic E-state index is 12.9. The molecule has 0 bridgehead atoms. The van der Waals surface area contributed by atoms with Crippen LogP contribution in [0.2, 0.25) is 0 Å². The molecule has 0 fully saturated rings. The minimum Gasteiger partial charge on any atom is -0.356 e. The van der Waals surface area contributed by atoms with Crippen molar-refractivity contribution in [3.05, 3.63) is 70.7 Å². The highest BCUT2D eigenvalue weighted by atomic mass is 32.1. The van der Waals surface area contributed by atoms with Gasteiger partial charge in [-0.25, -0.2) is 9.37 Å². The number of rotatable bonds is 5. The first-order valence-electron chi connectivity index (χ1n) is 9.10. The molecule has 3 aromatic rings. The lowest BCUT2D eigenvalue weighted by molar-refractivity contribution is -0.125. The fourth-order valence-electron chi connectivity index (χ4n) is 3.34. The third-order valence-electron chi connectivity index (χ3n) is 4.85. The maximum atomic E-state index is 12.9. The van der Waals surface area contributed by atoms with E-state index in [1.807, 2.05) is 18.3 Å². The van der Waals surface area contributed by atoms with Crippen LogP contribution >= 0.6 is 11.3 Å². The number of carbonyl (C=O) groups excluding carboxylic acids is 1. The zero-order chi connectivity index (χ0) is 18.6. The van der Waals surface area contributed by atoms with E-state index < -0.39 is 0 Å². The molecule has 1 aliphatic rings. The average molecular weight is 381 g/mol. The third-order valence-corrected chi connectivity index (χ3v) is 6.01. The molecule has 138 valence electrons. The van der Waals surface area contributed by atoms with Crippen LogP contribution < -0.4 is 5.32 Å². The number of halogens is 1. The Bertz CT molecular complexity index is 924. The topological polar surface area (TPSA) is 54.9 Å². The predicted molar refractivity (Wildman–Crippen MR) is 104 cm³/mol. The summed E-state index contributed by atoms with van der Waals surface area (Å²) in [5.41, 5.74) is 3.16. The molecule has 1 amide bonds. The lowest BCUT2D eigenvalue weighted by atomic mass is 9.90. The van der Waals surface area contributed by atoms with Crippen LogP contribution in [-0.4, -0.2) is 22.4 Å². The number of hydrogen-bond donors (Lipinski definition) is 1. The zero-order valence-corrected chi connectivity index (χ0v) is 15.6. The first-order valence-corrected chi connectivity index (χ1v) is 9.92. The second-order valence-corrected chi connectivity index (χ2v) is 7.82. The average Bonchev–Trinajstić information content (AvgIpc) is 3.13. The Morgan fingerprint density at radius 2 is 2.11 bits per heavy atom. The minimum absolute atomic E-state index is 0.00656. The van der Waals surface area contributed by atoms with Gasteiger partial charge in [0.25, 0.3) is 0 Å². The Balaban J connectivity index is 1.34. The van der Waals surface area contributed by atoms with E-state index in [4.69, 9.17) is 4.98 Å². The van der Waals surface area contributed by atoms with E-state index in [1.165, 1.54) is 17.0 Å². The van der Waals surface area contributed by atoms with Crippen molar-refractivity contribution in [1.29, 1.82) is 0 Å². The van der Waals surface area contributed by atoms with Crippen molar-refractivity contribution >= 4 is 17.2 Å². The number of aromatic nitrogens is 2. The summed E-state index contributed by atoms with van der Waals surface area (Å²) in [6.07, 6.45) is 6.69. The summed E-state index contributed by atoms with van der Waals surface area (Å²) in [4.78, 5) is 22.6. The first kappa shape index (κ1) is 17.8. The Morgan fingerprint density at radius 1 is 1.26 bits per heavy atom. The van der Waals surface area contributed by atoms with Crippen molar-refractivity contribution in [3.8, 4) is 10.6 Å². The SMILES string of the molecule is O=C(NCCc1ccc(F)cc1)C1CCc2nc(-c3cccnc3)sc2C1. The van der Waals surface area contributed by atoms with Crippen LogP contribution in [0, 0.1) is 11.7 Å². The van der Waals surface area contributed by atoms with E-state index in [2.05, 4.69) is 10.3 Å². The van der Waals surface area contributed by atoms with Gasteiger partial charge in [0.1, 0.15) is 10.8 Å². The minimum atomic E-state index is -0.240. The van der Waals surface area contributed by atoms with Crippen LogP contribution in [0.5, 0.6) is 0 Å². The Hall–Kier alpha value is -2.60. The molecular weight excluding hydrogens is 361 g/mol. The van der Waals surface area contributed by atoms with Gasteiger partial charge in [-0.3, -0.25) is 9.78 Å². The molecule has 0 radical (unpaired) electrons. The molecule has 2 heterocycles. The van der Waals surface area contributed by atoms with Gasteiger partial charge in [-0.15, -0.1) is 11.3 Å². The molecule has 1 atom stereocenters. The molecule has 0 spiro atoms. The third kappa shape index (κ3) is 4.22. The molecule has 1 aromatic carbocycles. The summed E-state index contributed by atoms with van der Waals surface area (Å²) in [6.45, 7) is 0.567. The van der Waals surface area contributed by atoms with Gasteiger partial charge in [-0.2, -0.15) is 0 Å². The van der Waals surface area contributed by atoms with Crippen molar-refractivity contribution in [2.24, 2.45) is 5.92 Å². The smallest absolute Gasteiger partial charge is 0.223 e. The van der Waals surface area contributed by atoms with Crippen molar-refractivity contribution in [1.82, 2.24) is 15.3 Å². The van der Waals surface area contributed by atoms with Crippen LogP contribution in [0.3, 0.4) is 0 Å². The summed E-state index contributed by atoms with van der Waals surface area (Å²) >= 11 is 1.67. The molecule has 1 unspecified atom stereocenters. The van der Waals surface area contributed by atoms with Gasteiger partial charge in [0, 0.05) is 35.3 Å². The highest BCUT2D eigenvalue weighted by Crippen LogP contribution is 2.34. The number of thiazole rings is 1. The molecule has 0 aliphatic heterocycles. The van der Waals surface area contributed by atoms with Crippen molar-refractivity contribution in [2.75, 3.05) is 6.54 Å². The molecular formula is C21H20FN3OS. The number of nitrogens with one attached hydrogen (secondary N) is 1. The molecule has 27 heavy (non-hydrogen) atoms. The van der Waals surface area contributed by atoms with Crippen LogP contribution in [-0.2, 0) is 24.1 Å². The monoisotopic (exact) mass is 381 g/mol. The number of nitrogens with zero attached hydrogens (tertiary/aromatic N) is 2. The number of pyridine rings is 1. The van der Waals surface area contributed by atoms with Crippen LogP contribution in [0.1, 0.15) is 22.6 Å². The summed E-state index contributed by atoms with van der Waals surface area (Å²) in [5.74, 6) is -0.150. The number of hydrogen-bond acceptors (Lipinski definition) is 4. The van der Waals surface area contributed by atoms with Crippen LogP contribution in [0.4, 0.5) is 4.39 Å². The van der Waals surface area contributed by atoms with E-state index in [1.54, 1.807) is 29.7 Å². The highest BCUT2D eigenvalue weighted by molar-refractivity contribution is 7.15. The fraction of sp³-hybridized carbons (Fsp3) is 0.286. The van der Waals surface area contributed by atoms with Gasteiger partial charge >= 0.3 is 0 Å². The summed E-state index contributed by atoms with van der Waals surface area (Å²) in [6, 6.07) is 10.3. The van der Waals surface area contributed by atoms with Crippen LogP contribution in [0.25, 0.3) is 10.6 Å². The van der Waals surface area contributed by atoms with E-state index >= 15 is 0 Å². The van der Waals surface area contributed by atoms with Gasteiger partial charge in [-0.05, 0) is 55.5 Å². The van der Waals surface area contributed by atoms with Gasteiger partial charge < -0.3 is 5.32 Å². The molecule has 6 heteroatoms. The number of benzene rings is 1. The maximum Gasteiger partial charge on any atom is 0.223 e. The fourth-order valence-corrected chi connectivity index (χ4v) is 4.51. The van der Waals surface area contributed by atoms with Crippen LogP contribution in [0.15, 0.2) is 48.8 Å². The molecule has 0 saturated heterocycles. The first-order chi connectivity index (χ1) is 13.2. The lowest BCUT2D eigenvalue weighted by Gasteiger charge is -2.20. The molecule has 1 aliphatic carbocycles. The lowest BCUT2D eigenvalue weighted by Crippen LogP contribution is -2.35. The quantitative estimate of drug-likeness (QED) is 0.731. The van der Waals surface area contributed by atoms with Gasteiger partial charge in [0.15, 0.2) is 0 Å². The molecule has 4 nitrogen and oxygen atoms in total. The number of aryl methyl sites for hydroxylation is 1. The van der Waals surface area contributed by atoms with Crippen molar-refractivity contribution < 1.29 is 9.18 Å². The van der Waals surface area contributed by atoms with E-state index in [0.29, 0.717) is 13.0 Å². The van der Waals surface area contributed by atoms with Gasteiger partial charge in [0.05, 0.1) is 5.69 Å². The predicted octanol–water partition coefficient (Wildman–Crippen LogP) is 3.81. The van der Waals surface area contributed by atoms with Crippen molar-refractivity contribution in [3.63, 3.8) is 0 Å². The van der Waals surface area contributed by atoms with E-state index in [9.17, 15) is 9.18 Å². The van der Waals surface area contributed by atoms with Gasteiger partial charge in [-0.1, -0.05) is 12.1 Å². The molecule has 1 N–H and O–H groups in total. The summed E-state index contributed by atoms with van der Waals surface area (Å²) < 4.78 is 12.9.